The molecule has 6 nitrogen and oxygen atoms in total. The first-order chi connectivity index (χ1) is 12.0. The molecule has 2 saturated heterocycles. The molecule has 3 rings (SSSR count). The topological polar surface area (TPSA) is 65.1 Å². The molecule has 25 heavy (non-hydrogen) atoms. The molecule has 0 aliphatic carbocycles. The van der Waals surface area contributed by atoms with Gasteiger partial charge in [-0.3, -0.25) is 0 Å². The summed E-state index contributed by atoms with van der Waals surface area (Å²) in [5.41, 5.74) is -0.176. The Balaban J connectivity index is 1.68. The third-order valence-corrected chi connectivity index (χ3v) is 7.45. The Labute approximate surface area is 150 Å². The van der Waals surface area contributed by atoms with E-state index in [4.69, 9.17) is 14.2 Å². The lowest BCUT2D eigenvalue weighted by Gasteiger charge is -2.41. The molecule has 0 aromatic heterocycles. The van der Waals surface area contributed by atoms with Crippen LogP contribution in [0.15, 0.2) is 29.2 Å². The van der Waals surface area contributed by atoms with E-state index < -0.39 is 10.0 Å². The van der Waals surface area contributed by atoms with Gasteiger partial charge in [0.1, 0.15) is 5.75 Å². The zero-order valence-corrected chi connectivity index (χ0v) is 15.8. The molecule has 2 aliphatic heterocycles. The minimum absolute atomic E-state index is 0.176. The van der Waals surface area contributed by atoms with E-state index in [-0.39, 0.29) is 5.60 Å². The van der Waals surface area contributed by atoms with Crippen molar-refractivity contribution >= 4 is 10.0 Å². The summed E-state index contributed by atoms with van der Waals surface area (Å²) in [5, 5.41) is 0. The van der Waals surface area contributed by atoms with E-state index in [1.807, 2.05) is 0 Å². The monoisotopic (exact) mass is 369 g/mol. The van der Waals surface area contributed by atoms with Crippen molar-refractivity contribution in [3.05, 3.63) is 24.3 Å². The van der Waals surface area contributed by atoms with Gasteiger partial charge in [0.2, 0.25) is 10.0 Å². The second-order valence-corrected chi connectivity index (χ2v) is 8.70. The largest absolute Gasteiger partial charge is 0.497 e. The normalized spacial score (nSPS) is 23.8. The highest BCUT2D eigenvalue weighted by molar-refractivity contribution is 7.89. The van der Waals surface area contributed by atoms with Gasteiger partial charge in [-0.05, 0) is 55.9 Å². The van der Waals surface area contributed by atoms with Crippen LogP contribution < -0.4 is 4.74 Å². The fraction of sp³-hybridized carbons (Fsp3) is 0.667. The molecule has 1 spiro atoms. The zero-order valence-electron chi connectivity index (χ0n) is 14.9. The Bertz CT molecular complexity index is 665. The van der Waals surface area contributed by atoms with Crippen LogP contribution in [0.25, 0.3) is 0 Å². The number of hydrogen-bond donors (Lipinski definition) is 0. The van der Waals surface area contributed by atoms with Gasteiger partial charge in [-0.2, -0.15) is 4.31 Å². The van der Waals surface area contributed by atoms with Crippen molar-refractivity contribution in [2.75, 3.05) is 40.5 Å². The number of nitrogens with zero attached hydrogens (tertiary/aromatic N) is 1. The SMILES string of the molecule is COCCC1CCOC12CCN(S(=O)(=O)c1ccc(OC)cc1)CC2. The molecule has 0 N–H and O–H groups in total. The molecule has 2 heterocycles. The van der Waals surface area contributed by atoms with E-state index in [1.165, 1.54) is 0 Å². The van der Waals surface area contributed by atoms with Crippen LogP contribution in [0, 0.1) is 5.92 Å². The quantitative estimate of drug-likeness (QED) is 0.770. The Morgan fingerprint density at radius 1 is 1.20 bits per heavy atom. The Kier molecular flexibility index (Phi) is 5.68. The summed E-state index contributed by atoms with van der Waals surface area (Å²) in [7, 11) is -0.191. The van der Waals surface area contributed by atoms with Crippen molar-refractivity contribution in [3.63, 3.8) is 0 Å². The van der Waals surface area contributed by atoms with Gasteiger partial charge < -0.3 is 14.2 Å². The first kappa shape index (κ1) is 18.6. The number of methoxy groups -OCH3 is 2. The van der Waals surface area contributed by atoms with Crippen LogP contribution in [0.3, 0.4) is 0 Å². The predicted octanol–water partition coefficient (Wildman–Crippen LogP) is 2.29. The highest BCUT2D eigenvalue weighted by Gasteiger charge is 2.47. The molecule has 1 unspecified atom stereocenters. The fourth-order valence-electron chi connectivity index (χ4n) is 4.01. The second kappa shape index (κ2) is 7.61. The molecule has 1 aromatic carbocycles. The van der Waals surface area contributed by atoms with Crippen LogP contribution in [-0.4, -0.2) is 58.8 Å². The van der Waals surface area contributed by atoms with Crippen LogP contribution >= 0.6 is 0 Å². The summed E-state index contributed by atoms with van der Waals surface area (Å²) in [6, 6.07) is 6.57. The lowest BCUT2D eigenvalue weighted by Crippen LogP contribution is -2.49. The van der Waals surface area contributed by atoms with E-state index >= 15 is 0 Å². The van der Waals surface area contributed by atoms with Gasteiger partial charge in [-0.1, -0.05) is 0 Å². The predicted molar refractivity (Wildman–Crippen MR) is 94.3 cm³/mol. The van der Waals surface area contributed by atoms with Gasteiger partial charge in [0, 0.05) is 33.4 Å². The van der Waals surface area contributed by atoms with Gasteiger partial charge in [0.15, 0.2) is 0 Å². The maximum atomic E-state index is 12.9. The maximum Gasteiger partial charge on any atom is 0.243 e. The molecule has 7 heteroatoms. The maximum absolute atomic E-state index is 12.9. The van der Waals surface area contributed by atoms with Crippen LogP contribution in [0.5, 0.6) is 5.75 Å². The molecule has 0 radical (unpaired) electrons. The summed E-state index contributed by atoms with van der Waals surface area (Å²) in [6.07, 6.45) is 3.50. The highest BCUT2D eigenvalue weighted by atomic mass is 32.2. The van der Waals surface area contributed by atoms with E-state index in [1.54, 1.807) is 42.8 Å². The third-order valence-electron chi connectivity index (χ3n) is 5.54. The van der Waals surface area contributed by atoms with Crippen LogP contribution in [0.1, 0.15) is 25.7 Å². The van der Waals surface area contributed by atoms with Crippen molar-refractivity contribution in [2.45, 2.75) is 36.2 Å². The number of benzene rings is 1. The number of ether oxygens (including phenoxy) is 3. The van der Waals surface area contributed by atoms with Crippen LogP contribution in [0.2, 0.25) is 0 Å². The Morgan fingerprint density at radius 2 is 1.88 bits per heavy atom. The minimum Gasteiger partial charge on any atom is -0.497 e. The number of piperidine rings is 1. The van der Waals surface area contributed by atoms with Gasteiger partial charge in [-0.25, -0.2) is 8.42 Å². The molecule has 2 aliphatic rings. The molecule has 0 amide bonds. The standard InChI is InChI=1S/C18H27NO5S/c1-22-13-7-15-8-14-24-18(15)9-11-19(12-10-18)25(20,21)17-5-3-16(23-2)4-6-17/h3-6,15H,7-14H2,1-2H3. The summed E-state index contributed by atoms with van der Waals surface area (Å²) < 4.78 is 43.7. The van der Waals surface area contributed by atoms with Gasteiger partial charge in [-0.15, -0.1) is 0 Å². The van der Waals surface area contributed by atoms with Gasteiger partial charge in [0.05, 0.1) is 17.6 Å². The fourth-order valence-corrected chi connectivity index (χ4v) is 5.45. The molecule has 0 bridgehead atoms. The minimum atomic E-state index is -3.47. The second-order valence-electron chi connectivity index (χ2n) is 6.76. The first-order valence-corrected chi connectivity index (χ1v) is 10.2. The van der Waals surface area contributed by atoms with E-state index in [0.29, 0.717) is 29.7 Å². The summed E-state index contributed by atoms with van der Waals surface area (Å²) in [6.45, 7) is 2.49. The molecular formula is C18H27NO5S. The van der Waals surface area contributed by atoms with Crippen molar-refractivity contribution < 1.29 is 22.6 Å². The number of sulfonamides is 1. The average Bonchev–Trinajstić information content (AvgIpc) is 3.02. The highest BCUT2D eigenvalue weighted by Crippen LogP contribution is 2.43. The van der Waals surface area contributed by atoms with Gasteiger partial charge in [0.25, 0.3) is 0 Å². The lowest BCUT2D eigenvalue weighted by molar-refractivity contribution is -0.0603. The molecule has 1 atom stereocenters. The van der Waals surface area contributed by atoms with Crippen LogP contribution in [0.4, 0.5) is 0 Å². The summed E-state index contributed by atoms with van der Waals surface area (Å²) >= 11 is 0. The molecular weight excluding hydrogens is 342 g/mol. The lowest BCUT2D eigenvalue weighted by atomic mass is 9.78. The number of rotatable bonds is 6. The zero-order chi connectivity index (χ0) is 17.9. The Hall–Kier alpha value is -1.15. The number of hydrogen-bond acceptors (Lipinski definition) is 5. The Morgan fingerprint density at radius 3 is 2.48 bits per heavy atom. The summed E-state index contributed by atoms with van der Waals surface area (Å²) in [5.74, 6) is 1.11. The first-order valence-electron chi connectivity index (χ1n) is 8.79. The smallest absolute Gasteiger partial charge is 0.243 e. The van der Waals surface area contributed by atoms with Crippen molar-refractivity contribution in [1.82, 2.24) is 4.31 Å². The van der Waals surface area contributed by atoms with E-state index in [2.05, 4.69) is 0 Å². The molecule has 0 saturated carbocycles. The molecule has 1 aromatic rings. The third kappa shape index (κ3) is 3.69. The molecule has 140 valence electrons. The molecule has 2 fully saturated rings. The van der Waals surface area contributed by atoms with Gasteiger partial charge >= 0.3 is 0 Å². The van der Waals surface area contributed by atoms with Crippen molar-refractivity contribution in [3.8, 4) is 5.75 Å². The van der Waals surface area contributed by atoms with Crippen LogP contribution in [-0.2, 0) is 19.5 Å². The van der Waals surface area contributed by atoms with E-state index in [9.17, 15) is 8.42 Å². The van der Waals surface area contributed by atoms with Crippen molar-refractivity contribution in [2.24, 2.45) is 5.92 Å². The van der Waals surface area contributed by atoms with E-state index in [0.717, 1.165) is 38.9 Å². The van der Waals surface area contributed by atoms with Crippen molar-refractivity contribution in [1.29, 1.82) is 0 Å². The average molecular weight is 369 g/mol. The summed E-state index contributed by atoms with van der Waals surface area (Å²) in [4.78, 5) is 0.313.